The lowest BCUT2D eigenvalue weighted by molar-refractivity contribution is 0.332. The molecule has 2 aromatic rings. The standard InChI is InChI=1S/C16H20N2O8S2/c17-11-1-3-13(15(9-11)25-5-7-27(19,20)21)14-4-2-12(18)10-16(14)26-6-8-28(22,23)24/h1-4,9-10H,5-8,17-18H2,(H,19,20,21)(H,22,23,24). The molecule has 0 fully saturated rings. The number of anilines is 2. The molecule has 0 radical (unpaired) electrons. The third-order valence-corrected chi connectivity index (χ3v) is 4.86. The molecule has 0 unspecified atom stereocenters. The van der Waals surface area contributed by atoms with Gasteiger partial charge in [0.2, 0.25) is 0 Å². The highest BCUT2D eigenvalue weighted by Crippen LogP contribution is 2.38. The molecule has 0 aromatic heterocycles. The van der Waals surface area contributed by atoms with Crippen molar-refractivity contribution in [1.29, 1.82) is 0 Å². The van der Waals surface area contributed by atoms with Gasteiger partial charge in [0.15, 0.2) is 0 Å². The van der Waals surface area contributed by atoms with E-state index in [0.717, 1.165) is 0 Å². The number of benzene rings is 2. The van der Waals surface area contributed by atoms with Crippen molar-refractivity contribution in [3.8, 4) is 22.6 Å². The van der Waals surface area contributed by atoms with E-state index in [1.807, 2.05) is 0 Å². The molecule has 0 aliphatic heterocycles. The predicted octanol–water partition coefficient (Wildman–Crippen LogP) is 1.05. The van der Waals surface area contributed by atoms with Gasteiger partial charge in [0.1, 0.15) is 36.2 Å². The van der Waals surface area contributed by atoms with Gasteiger partial charge >= 0.3 is 0 Å². The van der Waals surface area contributed by atoms with Crippen LogP contribution in [0.4, 0.5) is 11.4 Å². The Kier molecular flexibility index (Phi) is 6.72. The van der Waals surface area contributed by atoms with Gasteiger partial charge in [-0.15, -0.1) is 0 Å². The Morgan fingerprint density at radius 3 is 1.39 bits per heavy atom. The average molecular weight is 432 g/mol. The summed E-state index contributed by atoms with van der Waals surface area (Å²) in [6, 6.07) is 9.33. The van der Waals surface area contributed by atoms with Crippen LogP contribution in [0.15, 0.2) is 36.4 Å². The molecule has 0 spiro atoms. The first-order valence-corrected chi connectivity index (χ1v) is 11.1. The van der Waals surface area contributed by atoms with Crippen LogP contribution in [0.3, 0.4) is 0 Å². The summed E-state index contributed by atoms with van der Waals surface area (Å²) in [6.07, 6.45) is 0. The number of hydrogen-bond donors (Lipinski definition) is 4. The second-order valence-corrected chi connectivity index (χ2v) is 8.92. The topological polar surface area (TPSA) is 179 Å². The minimum absolute atomic E-state index is 0.230. The first-order valence-electron chi connectivity index (χ1n) is 7.90. The highest BCUT2D eigenvalue weighted by molar-refractivity contribution is 7.86. The Balaban J connectivity index is 2.35. The number of ether oxygens (including phenoxy) is 2. The van der Waals surface area contributed by atoms with Gasteiger partial charge in [0, 0.05) is 34.6 Å². The summed E-state index contributed by atoms with van der Waals surface area (Å²) in [5, 5.41) is 0. The fraction of sp³-hybridized carbons (Fsp3) is 0.250. The number of rotatable bonds is 9. The van der Waals surface area contributed by atoms with Crippen molar-refractivity contribution in [3.05, 3.63) is 36.4 Å². The molecule has 28 heavy (non-hydrogen) atoms. The maximum Gasteiger partial charge on any atom is 0.268 e. The Labute approximate surface area is 162 Å². The zero-order valence-electron chi connectivity index (χ0n) is 14.6. The molecule has 0 amide bonds. The van der Waals surface area contributed by atoms with Crippen LogP contribution in [0.25, 0.3) is 11.1 Å². The molecule has 0 saturated carbocycles. The maximum absolute atomic E-state index is 10.9. The summed E-state index contributed by atoms with van der Waals surface area (Å²) in [6.45, 7) is -0.633. The summed E-state index contributed by atoms with van der Waals surface area (Å²) in [7, 11) is -8.40. The van der Waals surface area contributed by atoms with E-state index >= 15 is 0 Å². The van der Waals surface area contributed by atoms with Crippen LogP contribution < -0.4 is 20.9 Å². The van der Waals surface area contributed by atoms with Gasteiger partial charge in [-0.3, -0.25) is 9.11 Å². The van der Waals surface area contributed by atoms with Gasteiger partial charge in [0.25, 0.3) is 20.2 Å². The van der Waals surface area contributed by atoms with E-state index in [4.69, 9.17) is 30.0 Å². The second kappa shape index (κ2) is 8.65. The third-order valence-electron chi connectivity index (χ3n) is 3.50. The monoisotopic (exact) mass is 432 g/mol. The summed E-state index contributed by atoms with van der Waals surface area (Å²) in [4.78, 5) is 0. The van der Waals surface area contributed by atoms with Gasteiger partial charge < -0.3 is 20.9 Å². The number of hydrogen-bond acceptors (Lipinski definition) is 8. The molecular weight excluding hydrogens is 412 g/mol. The van der Waals surface area contributed by atoms with Gasteiger partial charge in [-0.1, -0.05) is 0 Å². The summed E-state index contributed by atoms with van der Waals surface area (Å²) in [5.74, 6) is -0.761. The fourth-order valence-corrected chi connectivity index (χ4v) is 2.86. The molecular formula is C16H20N2O8S2. The number of nitrogens with two attached hydrogens (primary N) is 2. The second-order valence-electron chi connectivity index (χ2n) is 5.78. The molecule has 10 nitrogen and oxygen atoms in total. The van der Waals surface area contributed by atoms with E-state index in [0.29, 0.717) is 22.5 Å². The summed E-state index contributed by atoms with van der Waals surface area (Å²) in [5.41, 5.74) is 13.2. The fourth-order valence-electron chi connectivity index (χ4n) is 2.28. The minimum Gasteiger partial charge on any atom is -0.492 e. The highest BCUT2D eigenvalue weighted by atomic mass is 32.2. The smallest absolute Gasteiger partial charge is 0.268 e. The van der Waals surface area contributed by atoms with E-state index in [-0.39, 0.29) is 24.7 Å². The Bertz CT molecular complexity index is 967. The SMILES string of the molecule is Nc1ccc(-c2ccc(N)cc2OCCS(=O)(=O)O)c(OCCS(=O)(=O)O)c1. The molecule has 2 rings (SSSR count). The zero-order chi connectivity index (χ0) is 20.9. The molecule has 6 N–H and O–H groups in total. The lowest BCUT2D eigenvalue weighted by Gasteiger charge is -2.16. The Morgan fingerprint density at radius 1 is 0.714 bits per heavy atom. The molecule has 0 heterocycles. The highest BCUT2D eigenvalue weighted by Gasteiger charge is 2.15. The van der Waals surface area contributed by atoms with Crippen molar-refractivity contribution in [1.82, 2.24) is 0 Å². The van der Waals surface area contributed by atoms with Crippen LogP contribution in [0, 0.1) is 0 Å². The summed E-state index contributed by atoms with van der Waals surface area (Å²) >= 11 is 0. The lowest BCUT2D eigenvalue weighted by atomic mass is 10.0. The van der Waals surface area contributed by atoms with Crippen molar-refractivity contribution in [2.75, 3.05) is 36.2 Å². The van der Waals surface area contributed by atoms with E-state index in [1.165, 1.54) is 12.1 Å². The van der Waals surface area contributed by atoms with Crippen molar-refractivity contribution in [2.24, 2.45) is 0 Å². The Morgan fingerprint density at radius 2 is 1.07 bits per heavy atom. The van der Waals surface area contributed by atoms with Crippen molar-refractivity contribution in [2.45, 2.75) is 0 Å². The first-order chi connectivity index (χ1) is 12.9. The van der Waals surface area contributed by atoms with Crippen molar-refractivity contribution < 1.29 is 35.4 Å². The van der Waals surface area contributed by atoms with Crippen molar-refractivity contribution in [3.63, 3.8) is 0 Å². The van der Waals surface area contributed by atoms with Crippen molar-refractivity contribution >= 4 is 31.6 Å². The van der Waals surface area contributed by atoms with Crippen LogP contribution in [-0.2, 0) is 20.2 Å². The quantitative estimate of drug-likeness (QED) is 0.330. The maximum atomic E-state index is 10.9. The third kappa shape index (κ3) is 6.88. The van der Waals surface area contributed by atoms with E-state index in [9.17, 15) is 16.8 Å². The van der Waals surface area contributed by atoms with E-state index < -0.39 is 31.7 Å². The molecule has 0 saturated heterocycles. The van der Waals surface area contributed by atoms with Gasteiger partial charge in [0.05, 0.1) is 0 Å². The van der Waals surface area contributed by atoms with Crippen LogP contribution in [0.1, 0.15) is 0 Å². The predicted molar refractivity (Wildman–Crippen MR) is 105 cm³/mol. The zero-order valence-corrected chi connectivity index (χ0v) is 16.2. The first kappa shape index (κ1) is 21.8. The van der Waals surface area contributed by atoms with Gasteiger partial charge in [-0.2, -0.15) is 16.8 Å². The summed E-state index contributed by atoms with van der Waals surface area (Å²) < 4.78 is 72.1. The van der Waals surface area contributed by atoms with Crippen LogP contribution in [0.2, 0.25) is 0 Å². The molecule has 0 aliphatic rings. The minimum atomic E-state index is -4.20. The van der Waals surface area contributed by atoms with Crippen LogP contribution in [-0.4, -0.2) is 50.7 Å². The Hall–Kier alpha value is -2.54. The molecule has 154 valence electrons. The molecule has 12 heteroatoms. The molecule has 0 atom stereocenters. The molecule has 0 aliphatic carbocycles. The normalized spacial score (nSPS) is 11.9. The van der Waals surface area contributed by atoms with Gasteiger partial charge in [-0.25, -0.2) is 0 Å². The van der Waals surface area contributed by atoms with E-state index in [1.54, 1.807) is 24.3 Å². The van der Waals surface area contributed by atoms with Crippen LogP contribution in [0.5, 0.6) is 11.5 Å². The largest absolute Gasteiger partial charge is 0.492 e. The molecule has 2 aromatic carbocycles. The van der Waals surface area contributed by atoms with Crippen LogP contribution >= 0.6 is 0 Å². The molecule has 0 bridgehead atoms. The van der Waals surface area contributed by atoms with Gasteiger partial charge in [-0.05, 0) is 24.3 Å². The average Bonchev–Trinajstić information content (AvgIpc) is 2.53. The number of nitrogen functional groups attached to an aromatic ring is 2. The van der Waals surface area contributed by atoms with E-state index in [2.05, 4.69) is 0 Å². The lowest BCUT2D eigenvalue weighted by Crippen LogP contribution is -2.14.